The van der Waals surface area contributed by atoms with Crippen LogP contribution in [0.15, 0.2) is 34.2 Å². The number of benzene rings is 1. The average Bonchev–Trinajstić information content (AvgIpc) is 3.24. The molecule has 1 fully saturated rings. The molecule has 0 unspecified atom stereocenters. The van der Waals surface area contributed by atoms with Gasteiger partial charge in [-0.05, 0) is 25.0 Å². The Morgan fingerprint density at radius 1 is 1.33 bits per heavy atom. The van der Waals surface area contributed by atoms with Crippen LogP contribution in [0.1, 0.15) is 32.6 Å². The molecular weight excluding hydrogens is 366 g/mol. The van der Waals surface area contributed by atoms with Crippen LogP contribution in [0.3, 0.4) is 0 Å². The number of unbranched alkanes of at least 4 members (excludes halogenated alkanes) is 1. The molecule has 1 aromatic heterocycles. The first-order valence-electron chi connectivity index (χ1n) is 9.07. The van der Waals surface area contributed by atoms with Gasteiger partial charge in [0.15, 0.2) is 5.16 Å². The van der Waals surface area contributed by atoms with Crippen LogP contribution in [0.4, 0.5) is 11.4 Å². The zero-order chi connectivity index (χ0) is 19.2. The number of amides is 2. The summed E-state index contributed by atoms with van der Waals surface area (Å²) in [5, 5.41) is 9.80. The summed E-state index contributed by atoms with van der Waals surface area (Å²) in [6, 6.07) is 7.29. The predicted molar refractivity (Wildman–Crippen MR) is 105 cm³/mol. The monoisotopic (exact) mass is 389 g/mol. The molecule has 2 amide bonds. The zero-order valence-electron chi connectivity index (χ0n) is 15.2. The largest absolute Gasteiger partial charge is 0.343 e. The van der Waals surface area contributed by atoms with E-state index >= 15 is 0 Å². The molecule has 2 N–H and O–H groups in total. The summed E-state index contributed by atoms with van der Waals surface area (Å²) in [6.07, 6.45) is 3.20. The molecule has 3 rings (SSSR count). The van der Waals surface area contributed by atoms with Crippen molar-refractivity contribution < 1.29 is 9.59 Å². The van der Waals surface area contributed by atoms with E-state index in [-0.39, 0.29) is 23.3 Å². The van der Waals surface area contributed by atoms with Crippen molar-refractivity contribution >= 4 is 35.0 Å². The third-order valence-corrected chi connectivity index (χ3v) is 5.31. The molecule has 9 heteroatoms. The standard InChI is InChI=1S/C18H23N5O3S/c1-2-3-10-23-17(26)20-21-18(23)27-12-15(24)19-13-7-4-5-8-14(13)22-11-6-9-16(22)25/h4-5,7-8H,2-3,6,9-12H2,1H3,(H,19,24)(H,20,26). The van der Waals surface area contributed by atoms with Crippen LogP contribution >= 0.6 is 11.8 Å². The lowest BCUT2D eigenvalue weighted by atomic mass is 10.2. The lowest BCUT2D eigenvalue weighted by Crippen LogP contribution is -2.26. The smallest absolute Gasteiger partial charge is 0.324 e. The third-order valence-electron chi connectivity index (χ3n) is 4.33. The van der Waals surface area contributed by atoms with Crippen molar-refractivity contribution in [1.82, 2.24) is 14.8 Å². The second-order valence-electron chi connectivity index (χ2n) is 6.32. The molecule has 2 heterocycles. The minimum atomic E-state index is -0.260. The molecule has 0 saturated carbocycles. The lowest BCUT2D eigenvalue weighted by Gasteiger charge is -2.19. The van der Waals surface area contributed by atoms with Gasteiger partial charge in [0.05, 0.1) is 17.1 Å². The van der Waals surface area contributed by atoms with E-state index in [1.807, 2.05) is 25.1 Å². The number of nitrogens with zero attached hydrogens (tertiary/aromatic N) is 3. The van der Waals surface area contributed by atoms with Crippen LogP contribution in [0, 0.1) is 0 Å². The molecular formula is C18H23N5O3S. The first-order chi connectivity index (χ1) is 13.1. The molecule has 27 heavy (non-hydrogen) atoms. The summed E-state index contributed by atoms with van der Waals surface area (Å²) >= 11 is 1.21. The molecule has 0 aliphatic carbocycles. The Morgan fingerprint density at radius 3 is 2.89 bits per heavy atom. The minimum Gasteiger partial charge on any atom is -0.324 e. The number of para-hydroxylation sites is 2. The van der Waals surface area contributed by atoms with Crippen LogP contribution < -0.4 is 15.9 Å². The second kappa shape index (κ2) is 8.90. The van der Waals surface area contributed by atoms with Gasteiger partial charge in [0.1, 0.15) is 0 Å². The van der Waals surface area contributed by atoms with Crippen molar-refractivity contribution in [2.45, 2.75) is 44.3 Å². The number of carbonyl (C=O) groups is 2. The predicted octanol–water partition coefficient (Wildman–Crippen LogP) is 2.23. The molecule has 2 aromatic rings. The number of rotatable bonds is 8. The fraction of sp³-hybridized carbons (Fsp3) is 0.444. The Hall–Kier alpha value is -2.55. The number of nitrogens with one attached hydrogen (secondary N) is 2. The molecule has 0 spiro atoms. The van der Waals surface area contributed by atoms with Gasteiger partial charge in [0.25, 0.3) is 0 Å². The summed E-state index contributed by atoms with van der Waals surface area (Å²) in [5.74, 6) is -0.0160. The Labute approximate surface area is 161 Å². The van der Waals surface area contributed by atoms with Crippen LogP contribution in [0.2, 0.25) is 0 Å². The van der Waals surface area contributed by atoms with Gasteiger partial charge >= 0.3 is 5.69 Å². The van der Waals surface area contributed by atoms with Crippen LogP contribution in [-0.2, 0) is 16.1 Å². The van der Waals surface area contributed by atoms with E-state index in [0.29, 0.717) is 30.4 Å². The van der Waals surface area contributed by atoms with Crippen molar-refractivity contribution in [3.8, 4) is 0 Å². The number of carbonyl (C=O) groups excluding carboxylic acids is 2. The third kappa shape index (κ3) is 4.60. The Balaban J connectivity index is 1.64. The van der Waals surface area contributed by atoms with E-state index in [0.717, 1.165) is 24.9 Å². The van der Waals surface area contributed by atoms with E-state index in [9.17, 15) is 14.4 Å². The number of hydrogen-bond donors (Lipinski definition) is 2. The van der Waals surface area contributed by atoms with E-state index in [1.54, 1.807) is 15.5 Å². The maximum absolute atomic E-state index is 12.4. The number of thioether (sulfide) groups is 1. The molecule has 1 aliphatic rings. The molecule has 0 atom stereocenters. The van der Waals surface area contributed by atoms with Crippen LogP contribution in [-0.4, -0.2) is 38.9 Å². The number of anilines is 2. The highest BCUT2D eigenvalue weighted by Gasteiger charge is 2.24. The normalized spacial score (nSPS) is 14.0. The minimum absolute atomic E-state index is 0.0718. The fourth-order valence-corrected chi connectivity index (χ4v) is 3.73. The highest BCUT2D eigenvalue weighted by molar-refractivity contribution is 7.99. The summed E-state index contributed by atoms with van der Waals surface area (Å²) in [5.41, 5.74) is 1.07. The maximum atomic E-state index is 12.4. The second-order valence-corrected chi connectivity index (χ2v) is 7.26. The van der Waals surface area contributed by atoms with E-state index in [1.165, 1.54) is 11.8 Å². The Morgan fingerprint density at radius 2 is 2.15 bits per heavy atom. The number of H-pyrrole nitrogens is 1. The summed E-state index contributed by atoms with van der Waals surface area (Å²) < 4.78 is 1.55. The molecule has 0 radical (unpaired) electrons. The first kappa shape index (κ1) is 19.2. The molecule has 1 saturated heterocycles. The van der Waals surface area contributed by atoms with Crippen LogP contribution in [0.5, 0.6) is 0 Å². The lowest BCUT2D eigenvalue weighted by molar-refractivity contribution is -0.117. The number of aromatic amines is 1. The SMILES string of the molecule is CCCCn1c(SCC(=O)Nc2ccccc2N2CCCC2=O)n[nH]c1=O. The van der Waals surface area contributed by atoms with Gasteiger partial charge < -0.3 is 10.2 Å². The average molecular weight is 389 g/mol. The van der Waals surface area contributed by atoms with Crippen molar-refractivity contribution in [3.63, 3.8) is 0 Å². The van der Waals surface area contributed by atoms with Crippen molar-refractivity contribution in [2.75, 3.05) is 22.5 Å². The van der Waals surface area contributed by atoms with Gasteiger partial charge in [-0.2, -0.15) is 0 Å². The van der Waals surface area contributed by atoms with Crippen molar-refractivity contribution in [1.29, 1.82) is 0 Å². The van der Waals surface area contributed by atoms with Gasteiger partial charge in [-0.1, -0.05) is 37.2 Å². The number of aromatic nitrogens is 3. The summed E-state index contributed by atoms with van der Waals surface area (Å²) in [4.78, 5) is 37.9. The Bertz CT molecular complexity index is 876. The van der Waals surface area contributed by atoms with Gasteiger partial charge in [0.2, 0.25) is 11.8 Å². The molecule has 144 valence electrons. The topological polar surface area (TPSA) is 100 Å². The van der Waals surface area contributed by atoms with Crippen molar-refractivity contribution in [2.24, 2.45) is 0 Å². The maximum Gasteiger partial charge on any atom is 0.343 e. The summed E-state index contributed by atoms with van der Waals surface area (Å²) in [7, 11) is 0. The molecule has 1 aliphatic heterocycles. The van der Waals surface area contributed by atoms with E-state index in [2.05, 4.69) is 15.5 Å². The highest BCUT2D eigenvalue weighted by Crippen LogP contribution is 2.29. The highest BCUT2D eigenvalue weighted by atomic mass is 32.2. The van der Waals surface area contributed by atoms with E-state index in [4.69, 9.17) is 0 Å². The van der Waals surface area contributed by atoms with Gasteiger partial charge in [-0.25, -0.2) is 9.89 Å². The van der Waals surface area contributed by atoms with Gasteiger partial charge in [-0.15, -0.1) is 5.10 Å². The van der Waals surface area contributed by atoms with Crippen LogP contribution in [0.25, 0.3) is 0 Å². The Kier molecular flexibility index (Phi) is 6.33. The molecule has 0 bridgehead atoms. The molecule has 8 nitrogen and oxygen atoms in total. The molecule has 1 aromatic carbocycles. The quantitative estimate of drug-likeness (QED) is 0.675. The number of hydrogen-bond acceptors (Lipinski definition) is 5. The van der Waals surface area contributed by atoms with Crippen molar-refractivity contribution in [3.05, 3.63) is 34.7 Å². The van der Waals surface area contributed by atoms with Gasteiger partial charge in [0, 0.05) is 19.5 Å². The fourth-order valence-electron chi connectivity index (χ4n) is 2.96. The zero-order valence-corrected chi connectivity index (χ0v) is 16.1. The summed E-state index contributed by atoms with van der Waals surface area (Å²) in [6.45, 7) is 3.29. The van der Waals surface area contributed by atoms with E-state index < -0.39 is 0 Å². The van der Waals surface area contributed by atoms with Gasteiger partial charge in [-0.3, -0.25) is 14.2 Å². The first-order valence-corrected chi connectivity index (χ1v) is 10.1.